The number of carboxylic acids is 1. The highest BCUT2D eigenvalue weighted by molar-refractivity contribution is 5.77. The molecule has 0 aliphatic heterocycles. The zero-order valence-corrected chi connectivity index (χ0v) is 14.5. The number of amides is 1. The average Bonchev–Trinajstić information content (AvgIpc) is 2.44. The number of primary amides is 1. The standard InChI is InChI=1S/C9H17NO.C9H16O2/c2*1-6-3-4-7(2)8(5-6)9(10)11/h6-8H,3-5H2,1-2H3,(H2,10,11);6-8H,3-5H2,1-2H3,(H,10,11). The molecule has 3 N–H and O–H groups in total. The molecule has 2 aliphatic rings. The van der Waals surface area contributed by atoms with Gasteiger partial charge in [0.15, 0.2) is 0 Å². The van der Waals surface area contributed by atoms with Gasteiger partial charge in [-0.1, -0.05) is 40.5 Å². The quantitative estimate of drug-likeness (QED) is 0.816. The summed E-state index contributed by atoms with van der Waals surface area (Å²) in [4.78, 5) is 21.6. The number of carboxylic acid groups (broad SMARTS) is 1. The predicted molar refractivity (Wildman–Crippen MR) is 88.2 cm³/mol. The second-order valence-electron chi connectivity index (χ2n) is 7.74. The summed E-state index contributed by atoms with van der Waals surface area (Å²) in [5.74, 6) is 1.51. The van der Waals surface area contributed by atoms with Crippen LogP contribution in [-0.2, 0) is 9.59 Å². The molecule has 6 unspecified atom stereocenters. The molecule has 2 saturated carbocycles. The van der Waals surface area contributed by atoms with Crippen LogP contribution in [0.4, 0.5) is 0 Å². The summed E-state index contributed by atoms with van der Waals surface area (Å²) in [5.41, 5.74) is 5.28. The molecule has 0 aromatic rings. The van der Waals surface area contributed by atoms with Crippen LogP contribution in [-0.4, -0.2) is 17.0 Å². The van der Waals surface area contributed by atoms with Crippen molar-refractivity contribution in [3.63, 3.8) is 0 Å². The molecule has 2 rings (SSSR count). The first-order valence-corrected chi connectivity index (χ1v) is 8.74. The third kappa shape index (κ3) is 5.62. The van der Waals surface area contributed by atoms with E-state index in [1.807, 2.05) is 6.92 Å². The topological polar surface area (TPSA) is 80.4 Å². The molecule has 4 nitrogen and oxygen atoms in total. The van der Waals surface area contributed by atoms with Gasteiger partial charge in [0.25, 0.3) is 0 Å². The number of rotatable bonds is 2. The van der Waals surface area contributed by atoms with E-state index in [1.54, 1.807) is 0 Å². The first-order chi connectivity index (χ1) is 10.2. The van der Waals surface area contributed by atoms with E-state index in [-0.39, 0.29) is 17.7 Å². The van der Waals surface area contributed by atoms with Crippen LogP contribution >= 0.6 is 0 Å². The van der Waals surface area contributed by atoms with Crippen LogP contribution in [0.25, 0.3) is 0 Å². The summed E-state index contributed by atoms with van der Waals surface area (Å²) < 4.78 is 0. The Bertz CT molecular complexity index is 347. The number of nitrogens with two attached hydrogens (primary N) is 1. The molecule has 0 aromatic heterocycles. The Labute approximate surface area is 134 Å². The molecule has 2 fully saturated rings. The van der Waals surface area contributed by atoms with Crippen molar-refractivity contribution in [1.82, 2.24) is 0 Å². The Balaban J connectivity index is 0.000000220. The second kappa shape index (κ2) is 8.54. The highest BCUT2D eigenvalue weighted by Crippen LogP contribution is 2.33. The van der Waals surface area contributed by atoms with E-state index in [0.29, 0.717) is 23.7 Å². The minimum atomic E-state index is -0.607. The van der Waals surface area contributed by atoms with Crippen molar-refractivity contribution in [2.75, 3.05) is 0 Å². The zero-order valence-electron chi connectivity index (χ0n) is 14.5. The zero-order chi connectivity index (χ0) is 16.9. The maximum absolute atomic E-state index is 10.9. The molecular weight excluding hydrogens is 278 g/mol. The Kier molecular flexibility index (Phi) is 7.37. The molecular formula is C18H33NO3. The third-order valence-electron chi connectivity index (χ3n) is 5.60. The number of hydrogen-bond donors (Lipinski definition) is 2. The minimum Gasteiger partial charge on any atom is -0.481 e. The van der Waals surface area contributed by atoms with Gasteiger partial charge in [-0.15, -0.1) is 0 Å². The van der Waals surface area contributed by atoms with Crippen LogP contribution < -0.4 is 5.73 Å². The van der Waals surface area contributed by atoms with Crippen LogP contribution in [0.2, 0.25) is 0 Å². The summed E-state index contributed by atoms with van der Waals surface area (Å²) in [7, 11) is 0. The molecule has 6 atom stereocenters. The van der Waals surface area contributed by atoms with Gasteiger partial charge in [-0.2, -0.15) is 0 Å². The molecule has 1 amide bonds. The normalized spacial score (nSPS) is 38.5. The predicted octanol–water partition coefficient (Wildman–Crippen LogP) is 3.69. The highest BCUT2D eigenvalue weighted by Gasteiger charge is 2.30. The van der Waals surface area contributed by atoms with Crippen molar-refractivity contribution in [3.8, 4) is 0 Å². The van der Waals surface area contributed by atoms with E-state index >= 15 is 0 Å². The van der Waals surface area contributed by atoms with Crippen molar-refractivity contribution >= 4 is 11.9 Å². The van der Waals surface area contributed by atoms with Gasteiger partial charge in [-0.3, -0.25) is 9.59 Å². The third-order valence-corrected chi connectivity index (χ3v) is 5.60. The summed E-state index contributed by atoms with van der Waals surface area (Å²) in [5, 5.41) is 8.83. The van der Waals surface area contributed by atoms with Crippen LogP contribution in [0.15, 0.2) is 0 Å². The van der Waals surface area contributed by atoms with Gasteiger partial charge in [-0.05, 0) is 49.4 Å². The summed E-state index contributed by atoms with van der Waals surface area (Å²) in [6, 6.07) is 0. The van der Waals surface area contributed by atoms with Crippen LogP contribution in [0.1, 0.15) is 66.2 Å². The number of carbonyl (C=O) groups is 2. The molecule has 4 heteroatoms. The molecule has 0 bridgehead atoms. The van der Waals surface area contributed by atoms with E-state index in [2.05, 4.69) is 20.8 Å². The lowest BCUT2D eigenvalue weighted by atomic mass is 9.75. The van der Waals surface area contributed by atoms with E-state index in [4.69, 9.17) is 10.8 Å². The fourth-order valence-electron chi connectivity index (χ4n) is 3.81. The molecule has 0 spiro atoms. The van der Waals surface area contributed by atoms with E-state index in [9.17, 15) is 9.59 Å². The first kappa shape index (κ1) is 19.0. The maximum atomic E-state index is 10.9. The Hall–Kier alpha value is -1.06. The summed E-state index contributed by atoms with van der Waals surface area (Å²) >= 11 is 0. The van der Waals surface area contributed by atoms with Crippen molar-refractivity contribution in [2.24, 2.45) is 41.2 Å². The molecule has 128 valence electrons. The lowest BCUT2D eigenvalue weighted by Gasteiger charge is -2.30. The fraction of sp³-hybridized carbons (Fsp3) is 0.889. The van der Waals surface area contributed by atoms with E-state index in [1.165, 1.54) is 12.8 Å². The number of carbonyl (C=O) groups excluding carboxylic acids is 1. The smallest absolute Gasteiger partial charge is 0.306 e. The van der Waals surface area contributed by atoms with E-state index < -0.39 is 5.97 Å². The van der Waals surface area contributed by atoms with Gasteiger partial charge in [0, 0.05) is 5.92 Å². The minimum absolute atomic E-state index is 0.0845. The van der Waals surface area contributed by atoms with Gasteiger partial charge in [0.1, 0.15) is 0 Å². The molecule has 0 radical (unpaired) electrons. The van der Waals surface area contributed by atoms with Crippen molar-refractivity contribution in [1.29, 1.82) is 0 Å². The van der Waals surface area contributed by atoms with E-state index in [0.717, 1.165) is 25.7 Å². The molecule has 22 heavy (non-hydrogen) atoms. The SMILES string of the molecule is CC1CCC(C)C(C(=O)O)C1.CC1CCC(C)C(C(N)=O)C1. The molecule has 0 heterocycles. The summed E-state index contributed by atoms with van der Waals surface area (Å²) in [6.45, 7) is 8.51. The summed E-state index contributed by atoms with van der Waals surface area (Å²) in [6.07, 6.45) is 6.57. The highest BCUT2D eigenvalue weighted by atomic mass is 16.4. The fourth-order valence-corrected chi connectivity index (χ4v) is 3.81. The molecule has 2 aliphatic carbocycles. The van der Waals surface area contributed by atoms with Crippen molar-refractivity contribution in [2.45, 2.75) is 66.2 Å². The van der Waals surface area contributed by atoms with Gasteiger partial charge >= 0.3 is 5.97 Å². The van der Waals surface area contributed by atoms with Gasteiger partial charge in [0.05, 0.1) is 5.92 Å². The van der Waals surface area contributed by atoms with Gasteiger partial charge in [0.2, 0.25) is 5.91 Å². The van der Waals surface area contributed by atoms with Crippen LogP contribution in [0.3, 0.4) is 0 Å². The molecule has 0 saturated heterocycles. The Morgan fingerprint density at radius 3 is 1.55 bits per heavy atom. The van der Waals surface area contributed by atoms with Gasteiger partial charge in [-0.25, -0.2) is 0 Å². The Morgan fingerprint density at radius 1 is 0.818 bits per heavy atom. The molecule has 0 aromatic carbocycles. The van der Waals surface area contributed by atoms with Crippen LogP contribution in [0, 0.1) is 35.5 Å². The lowest BCUT2D eigenvalue weighted by molar-refractivity contribution is -0.145. The van der Waals surface area contributed by atoms with Crippen molar-refractivity contribution < 1.29 is 14.7 Å². The lowest BCUT2D eigenvalue weighted by Crippen LogP contribution is -2.33. The number of hydrogen-bond acceptors (Lipinski definition) is 2. The average molecular weight is 311 g/mol. The second-order valence-corrected chi connectivity index (χ2v) is 7.74. The van der Waals surface area contributed by atoms with Gasteiger partial charge < -0.3 is 10.8 Å². The Morgan fingerprint density at radius 2 is 1.23 bits per heavy atom. The largest absolute Gasteiger partial charge is 0.481 e. The maximum Gasteiger partial charge on any atom is 0.306 e. The van der Waals surface area contributed by atoms with Crippen LogP contribution in [0.5, 0.6) is 0 Å². The monoisotopic (exact) mass is 311 g/mol. The van der Waals surface area contributed by atoms with Crippen molar-refractivity contribution in [3.05, 3.63) is 0 Å². The number of aliphatic carboxylic acids is 1. The first-order valence-electron chi connectivity index (χ1n) is 8.74.